The molecule has 4 heteroatoms. The molecule has 0 unspecified atom stereocenters. The Morgan fingerprint density at radius 2 is 1.95 bits per heavy atom. The minimum Gasteiger partial charge on any atom is -0.497 e. The van der Waals surface area contributed by atoms with Crippen molar-refractivity contribution in [3.05, 3.63) is 59.7 Å². The van der Waals surface area contributed by atoms with Crippen molar-refractivity contribution >= 4 is 17.8 Å². The first-order valence-corrected chi connectivity index (χ1v) is 5.77. The maximum atomic E-state index is 11.1. The molecule has 0 aliphatic rings. The second kappa shape index (κ2) is 5.82. The van der Waals surface area contributed by atoms with Gasteiger partial charge in [0.25, 0.3) is 0 Å². The van der Waals surface area contributed by atoms with Crippen LogP contribution in [-0.2, 0) is 0 Å². The van der Waals surface area contributed by atoms with Crippen LogP contribution in [0.5, 0.6) is 5.75 Å². The summed E-state index contributed by atoms with van der Waals surface area (Å²) < 4.78 is 5.08. The molecule has 1 amide bonds. The van der Waals surface area contributed by atoms with Crippen LogP contribution in [0.25, 0.3) is 0 Å². The zero-order valence-corrected chi connectivity index (χ0v) is 10.5. The van der Waals surface area contributed by atoms with E-state index in [0.717, 1.165) is 11.3 Å². The number of hydrogen-bond donors (Lipinski definition) is 1. The number of aliphatic imine (C=N–C) groups is 1. The minimum atomic E-state index is -0.457. The van der Waals surface area contributed by atoms with Gasteiger partial charge in [-0.15, -0.1) is 0 Å². The molecule has 0 aromatic heterocycles. The van der Waals surface area contributed by atoms with Crippen LogP contribution >= 0.6 is 0 Å². The van der Waals surface area contributed by atoms with E-state index in [9.17, 15) is 4.79 Å². The lowest BCUT2D eigenvalue weighted by Gasteiger charge is -1.99. The van der Waals surface area contributed by atoms with Gasteiger partial charge in [0.15, 0.2) is 0 Å². The molecule has 19 heavy (non-hydrogen) atoms. The van der Waals surface area contributed by atoms with Crippen LogP contribution in [0, 0.1) is 0 Å². The summed E-state index contributed by atoms with van der Waals surface area (Å²) in [7, 11) is 1.62. The average Bonchev–Trinajstić information content (AvgIpc) is 2.46. The van der Waals surface area contributed by atoms with Crippen LogP contribution in [0.1, 0.15) is 15.9 Å². The number of benzene rings is 2. The Morgan fingerprint density at radius 1 is 1.21 bits per heavy atom. The standard InChI is InChI=1S/C15H14N2O2/c1-19-14-7-5-11(6-8-14)10-17-13-4-2-3-12(9-13)15(16)18/h2-10H,1H3,(H2,16,18). The summed E-state index contributed by atoms with van der Waals surface area (Å²) in [6, 6.07) is 14.4. The second-order valence-electron chi connectivity index (χ2n) is 3.95. The van der Waals surface area contributed by atoms with E-state index in [1.807, 2.05) is 30.3 Å². The van der Waals surface area contributed by atoms with Gasteiger partial charge in [-0.3, -0.25) is 9.79 Å². The van der Waals surface area contributed by atoms with Gasteiger partial charge < -0.3 is 10.5 Å². The highest BCUT2D eigenvalue weighted by atomic mass is 16.5. The summed E-state index contributed by atoms with van der Waals surface area (Å²) in [5.74, 6) is 0.342. The van der Waals surface area contributed by atoms with Crippen molar-refractivity contribution < 1.29 is 9.53 Å². The van der Waals surface area contributed by atoms with E-state index in [4.69, 9.17) is 10.5 Å². The lowest BCUT2D eigenvalue weighted by molar-refractivity contribution is 0.100. The fourth-order valence-electron chi connectivity index (χ4n) is 1.58. The number of nitrogens with zero attached hydrogens (tertiary/aromatic N) is 1. The summed E-state index contributed by atoms with van der Waals surface area (Å²) in [4.78, 5) is 15.4. The van der Waals surface area contributed by atoms with E-state index < -0.39 is 5.91 Å². The highest BCUT2D eigenvalue weighted by molar-refractivity contribution is 5.93. The first-order chi connectivity index (χ1) is 9.19. The minimum absolute atomic E-state index is 0.449. The molecule has 0 atom stereocenters. The molecule has 4 nitrogen and oxygen atoms in total. The van der Waals surface area contributed by atoms with Gasteiger partial charge >= 0.3 is 0 Å². The van der Waals surface area contributed by atoms with Crippen molar-refractivity contribution in [1.82, 2.24) is 0 Å². The van der Waals surface area contributed by atoms with E-state index in [0.29, 0.717) is 11.3 Å². The third-order valence-corrected chi connectivity index (χ3v) is 2.61. The van der Waals surface area contributed by atoms with Crippen molar-refractivity contribution in [2.24, 2.45) is 10.7 Å². The number of primary amides is 1. The molecular formula is C15H14N2O2. The topological polar surface area (TPSA) is 64.7 Å². The van der Waals surface area contributed by atoms with Crippen LogP contribution in [0.15, 0.2) is 53.5 Å². The number of methoxy groups -OCH3 is 1. The smallest absolute Gasteiger partial charge is 0.248 e. The van der Waals surface area contributed by atoms with Crippen molar-refractivity contribution in [2.75, 3.05) is 7.11 Å². The number of nitrogens with two attached hydrogens (primary N) is 1. The molecule has 2 N–H and O–H groups in total. The van der Waals surface area contributed by atoms with Crippen molar-refractivity contribution in [2.45, 2.75) is 0 Å². The van der Waals surface area contributed by atoms with Gasteiger partial charge in [0, 0.05) is 11.8 Å². The molecule has 0 saturated carbocycles. The Balaban J connectivity index is 2.17. The molecule has 0 spiro atoms. The molecule has 0 radical (unpaired) electrons. The number of carbonyl (C=O) groups is 1. The summed E-state index contributed by atoms with van der Waals surface area (Å²) >= 11 is 0. The summed E-state index contributed by atoms with van der Waals surface area (Å²) in [5, 5.41) is 0. The lowest BCUT2D eigenvalue weighted by Crippen LogP contribution is -2.10. The van der Waals surface area contributed by atoms with E-state index >= 15 is 0 Å². The highest BCUT2D eigenvalue weighted by Crippen LogP contribution is 2.15. The number of hydrogen-bond acceptors (Lipinski definition) is 3. The van der Waals surface area contributed by atoms with Gasteiger partial charge in [0.1, 0.15) is 5.75 Å². The molecule has 0 heterocycles. The van der Waals surface area contributed by atoms with Gasteiger partial charge in [0.05, 0.1) is 12.8 Å². The van der Waals surface area contributed by atoms with Gasteiger partial charge in [-0.2, -0.15) is 0 Å². The normalized spacial score (nSPS) is 10.6. The largest absolute Gasteiger partial charge is 0.497 e. The first-order valence-electron chi connectivity index (χ1n) is 5.77. The Morgan fingerprint density at radius 3 is 2.58 bits per heavy atom. The first kappa shape index (κ1) is 12.8. The lowest BCUT2D eigenvalue weighted by atomic mass is 10.2. The maximum Gasteiger partial charge on any atom is 0.248 e. The fourth-order valence-corrected chi connectivity index (χ4v) is 1.58. The molecule has 0 fully saturated rings. The van der Waals surface area contributed by atoms with Crippen LogP contribution in [0.2, 0.25) is 0 Å². The molecule has 96 valence electrons. The highest BCUT2D eigenvalue weighted by Gasteiger charge is 1.99. The zero-order chi connectivity index (χ0) is 13.7. The van der Waals surface area contributed by atoms with Gasteiger partial charge in [-0.25, -0.2) is 0 Å². The number of amides is 1. The van der Waals surface area contributed by atoms with Crippen molar-refractivity contribution in [3.8, 4) is 5.75 Å². The molecule has 0 saturated heterocycles. The molecular weight excluding hydrogens is 240 g/mol. The van der Waals surface area contributed by atoms with Gasteiger partial charge in [-0.1, -0.05) is 6.07 Å². The summed E-state index contributed by atoms with van der Waals surface area (Å²) in [6.45, 7) is 0. The molecule has 0 bridgehead atoms. The van der Waals surface area contributed by atoms with Crippen LogP contribution in [0.4, 0.5) is 5.69 Å². The van der Waals surface area contributed by atoms with Crippen molar-refractivity contribution in [1.29, 1.82) is 0 Å². The summed E-state index contributed by atoms with van der Waals surface area (Å²) in [6.07, 6.45) is 1.72. The van der Waals surface area contributed by atoms with E-state index in [-0.39, 0.29) is 0 Å². The van der Waals surface area contributed by atoms with E-state index in [2.05, 4.69) is 4.99 Å². The van der Waals surface area contributed by atoms with E-state index in [1.165, 1.54) is 0 Å². The third-order valence-electron chi connectivity index (χ3n) is 2.61. The fraction of sp³-hybridized carbons (Fsp3) is 0.0667. The van der Waals surface area contributed by atoms with Crippen molar-refractivity contribution in [3.63, 3.8) is 0 Å². The third kappa shape index (κ3) is 3.42. The maximum absolute atomic E-state index is 11.1. The number of ether oxygens (including phenoxy) is 1. The van der Waals surface area contributed by atoms with Gasteiger partial charge in [-0.05, 0) is 48.0 Å². The predicted octanol–water partition coefficient (Wildman–Crippen LogP) is 2.54. The zero-order valence-electron chi connectivity index (χ0n) is 10.5. The molecule has 0 aliphatic carbocycles. The monoisotopic (exact) mass is 254 g/mol. The van der Waals surface area contributed by atoms with Crippen LogP contribution in [0.3, 0.4) is 0 Å². The van der Waals surface area contributed by atoms with E-state index in [1.54, 1.807) is 31.5 Å². The molecule has 2 aromatic rings. The SMILES string of the molecule is COc1ccc(C=Nc2cccc(C(N)=O)c2)cc1. The molecule has 2 rings (SSSR count). The Labute approximate surface area is 111 Å². The van der Waals surface area contributed by atoms with Gasteiger partial charge in [0.2, 0.25) is 5.91 Å². The quantitative estimate of drug-likeness (QED) is 0.852. The van der Waals surface area contributed by atoms with Crippen LogP contribution < -0.4 is 10.5 Å². The summed E-state index contributed by atoms with van der Waals surface area (Å²) in [5.41, 5.74) is 7.30. The molecule has 2 aromatic carbocycles. The average molecular weight is 254 g/mol. The Kier molecular flexibility index (Phi) is 3.93. The van der Waals surface area contributed by atoms with Crippen LogP contribution in [-0.4, -0.2) is 19.2 Å². The predicted molar refractivity (Wildman–Crippen MR) is 75.2 cm³/mol. The molecule has 0 aliphatic heterocycles. The Bertz CT molecular complexity index is 604. The number of carbonyl (C=O) groups excluding carboxylic acids is 1. The Hall–Kier alpha value is -2.62. The number of rotatable bonds is 4. The second-order valence-corrected chi connectivity index (χ2v) is 3.95.